The molecule has 1 aliphatic rings. The minimum Gasteiger partial charge on any atom is -0.337 e. The summed E-state index contributed by atoms with van der Waals surface area (Å²) in [6.07, 6.45) is 3.98. The molecule has 1 amide bonds. The van der Waals surface area contributed by atoms with Crippen LogP contribution in [0.3, 0.4) is 0 Å². The molecule has 0 saturated carbocycles. The van der Waals surface area contributed by atoms with Gasteiger partial charge in [-0.15, -0.1) is 5.10 Å². The zero-order valence-corrected chi connectivity index (χ0v) is 14.9. The molecule has 1 fully saturated rings. The first-order chi connectivity index (χ1) is 11.8. The molecule has 1 unspecified atom stereocenters. The van der Waals surface area contributed by atoms with E-state index in [4.69, 9.17) is 0 Å². The van der Waals surface area contributed by atoms with Crippen molar-refractivity contribution in [2.45, 2.75) is 45.6 Å². The molecule has 0 spiro atoms. The fourth-order valence-corrected chi connectivity index (χ4v) is 3.02. The smallest absolute Gasteiger partial charge is 0.274 e. The number of H-pyrrole nitrogens is 1. The summed E-state index contributed by atoms with van der Waals surface area (Å²) in [6, 6.07) is 2.79. The number of nitrogens with one attached hydrogen (secondary N) is 1. The average molecular weight is 344 g/mol. The molecule has 1 saturated heterocycles. The Morgan fingerprint density at radius 1 is 1.36 bits per heavy atom. The molecule has 0 radical (unpaired) electrons. The molecule has 1 aliphatic heterocycles. The molecule has 0 aromatic carbocycles. The van der Waals surface area contributed by atoms with E-state index in [9.17, 15) is 9.59 Å². The van der Waals surface area contributed by atoms with E-state index in [2.05, 4.69) is 41.3 Å². The van der Waals surface area contributed by atoms with Gasteiger partial charge in [0.2, 0.25) is 0 Å². The monoisotopic (exact) mass is 344 g/mol. The van der Waals surface area contributed by atoms with E-state index < -0.39 is 0 Å². The van der Waals surface area contributed by atoms with Crippen LogP contribution < -0.4 is 5.56 Å². The molecule has 134 valence electrons. The van der Waals surface area contributed by atoms with Crippen LogP contribution in [-0.4, -0.2) is 49.1 Å². The lowest BCUT2D eigenvalue weighted by Gasteiger charge is -2.32. The SMILES string of the molecule is CC(C)(C)c1cn(CC2CCCN(C(=O)c3ccc(=O)[nH]n3)C2)nn1. The maximum atomic E-state index is 12.6. The molecule has 2 aromatic rings. The normalized spacial score (nSPS) is 18.4. The number of hydrogen-bond donors (Lipinski definition) is 1. The van der Waals surface area contributed by atoms with Gasteiger partial charge in [-0.05, 0) is 24.8 Å². The molecule has 1 atom stereocenters. The molecule has 8 heteroatoms. The van der Waals surface area contributed by atoms with Gasteiger partial charge < -0.3 is 4.90 Å². The van der Waals surface area contributed by atoms with Crippen molar-refractivity contribution < 1.29 is 4.79 Å². The third-order valence-corrected chi connectivity index (χ3v) is 4.46. The van der Waals surface area contributed by atoms with Crippen LogP contribution in [0.25, 0.3) is 0 Å². The Labute approximate surface area is 146 Å². The van der Waals surface area contributed by atoms with Crippen molar-refractivity contribution in [2.75, 3.05) is 13.1 Å². The Morgan fingerprint density at radius 2 is 2.16 bits per heavy atom. The highest BCUT2D eigenvalue weighted by molar-refractivity contribution is 5.92. The zero-order chi connectivity index (χ0) is 18.0. The van der Waals surface area contributed by atoms with Gasteiger partial charge in [-0.1, -0.05) is 26.0 Å². The molecular formula is C17H24N6O2. The summed E-state index contributed by atoms with van der Waals surface area (Å²) in [5.74, 6) is 0.185. The maximum absolute atomic E-state index is 12.6. The van der Waals surface area contributed by atoms with Crippen LogP contribution in [0.15, 0.2) is 23.1 Å². The van der Waals surface area contributed by atoms with Gasteiger partial charge in [-0.3, -0.25) is 14.3 Å². The second kappa shape index (κ2) is 6.78. The van der Waals surface area contributed by atoms with Crippen molar-refractivity contribution in [3.63, 3.8) is 0 Å². The van der Waals surface area contributed by atoms with Crippen LogP contribution in [0.5, 0.6) is 0 Å². The second-order valence-corrected chi connectivity index (χ2v) is 7.64. The van der Waals surface area contributed by atoms with Gasteiger partial charge in [0.05, 0.1) is 5.69 Å². The summed E-state index contributed by atoms with van der Waals surface area (Å²) in [4.78, 5) is 25.4. The van der Waals surface area contributed by atoms with Gasteiger partial charge in [0.15, 0.2) is 0 Å². The quantitative estimate of drug-likeness (QED) is 0.903. The largest absolute Gasteiger partial charge is 0.337 e. The molecule has 0 aliphatic carbocycles. The van der Waals surface area contributed by atoms with E-state index in [0.717, 1.165) is 25.1 Å². The number of amides is 1. The number of nitrogens with zero attached hydrogens (tertiary/aromatic N) is 5. The summed E-state index contributed by atoms with van der Waals surface area (Å²) >= 11 is 0. The fraction of sp³-hybridized carbons (Fsp3) is 0.588. The molecule has 8 nitrogen and oxygen atoms in total. The van der Waals surface area contributed by atoms with Crippen molar-refractivity contribution in [1.82, 2.24) is 30.1 Å². The van der Waals surface area contributed by atoms with Gasteiger partial charge in [0, 0.05) is 37.3 Å². The summed E-state index contributed by atoms with van der Waals surface area (Å²) in [7, 11) is 0. The van der Waals surface area contributed by atoms with Crippen molar-refractivity contribution in [1.29, 1.82) is 0 Å². The number of piperidine rings is 1. The van der Waals surface area contributed by atoms with E-state index in [0.29, 0.717) is 19.0 Å². The Morgan fingerprint density at radius 3 is 2.80 bits per heavy atom. The van der Waals surface area contributed by atoms with E-state index in [1.807, 2.05) is 10.9 Å². The third-order valence-electron chi connectivity index (χ3n) is 4.46. The fourth-order valence-electron chi connectivity index (χ4n) is 3.02. The maximum Gasteiger partial charge on any atom is 0.274 e. The standard InChI is InChI=1S/C17H24N6O2/c1-17(2,3)14-11-23(21-19-14)10-12-5-4-8-22(9-12)16(25)13-6-7-15(24)20-18-13/h6-7,11-12H,4-5,8-10H2,1-3H3,(H,20,24). The van der Waals surface area contributed by atoms with Crippen molar-refractivity contribution >= 4 is 5.91 Å². The number of carbonyl (C=O) groups excluding carboxylic acids is 1. The number of likely N-dealkylation sites (tertiary alicyclic amines) is 1. The molecule has 0 bridgehead atoms. The van der Waals surface area contributed by atoms with E-state index in [1.165, 1.54) is 12.1 Å². The first-order valence-corrected chi connectivity index (χ1v) is 8.58. The van der Waals surface area contributed by atoms with E-state index in [-0.39, 0.29) is 22.6 Å². The van der Waals surface area contributed by atoms with Crippen molar-refractivity contribution in [2.24, 2.45) is 5.92 Å². The highest BCUT2D eigenvalue weighted by atomic mass is 16.2. The Bertz CT molecular complexity index is 783. The summed E-state index contributed by atoms with van der Waals surface area (Å²) in [5.41, 5.74) is 0.904. The molecular weight excluding hydrogens is 320 g/mol. The van der Waals surface area contributed by atoms with Crippen LogP contribution in [-0.2, 0) is 12.0 Å². The van der Waals surface area contributed by atoms with Gasteiger partial charge in [0.25, 0.3) is 11.5 Å². The Kier molecular flexibility index (Phi) is 4.69. The number of carbonyl (C=O) groups is 1. The van der Waals surface area contributed by atoms with Crippen LogP contribution >= 0.6 is 0 Å². The van der Waals surface area contributed by atoms with Crippen LogP contribution in [0.4, 0.5) is 0 Å². The lowest BCUT2D eigenvalue weighted by atomic mass is 9.93. The van der Waals surface area contributed by atoms with Gasteiger partial charge in [-0.2, -0.15) is 5.10 Å². The number of rotatable bonds is 3. The van der Waals surface area contributed by atoms with Crippen molar-refractivity contribution in [3.8, 4) is 0 Å². The van der Waals surface area contributed by atoms with Crippen LogP contribution in [0, 0.1) is 5.92 Å². The molecule has 25 heavy (non-hydrogen) atoms. The summed E-state index contributed by atoms with van der Waals surface area (Å²) < 4.78 is 1.87. The van der Waals surface area contributed by atoms with Gasteiger partial charge in [-0.25, -0.2) is 5.10 Å². The Hall–Kier alpha value is -2.51. The van der Waals surface area contributed by atoms with Crippen LogP contribution in [0.2, 0.25) is 0 Å². The number of hydrogen-bond acceptors (Lipinski definition) is 5. The molecule has 2 aromatic heterocycles. The van der Waals surface area contributed by atoms with Gasteiger partial charge >= 0.3 is 0 Å². The molecule has 1 N–H and O–H groups in total. The highest BCUT2D eigenvalue weighted by Crippen LogP contribution is 2.22. The highest BCUT2D eigenvalue weighted by Gasteiger charge is 2.26. The van der Waals surface area contributed by atoms with E-state index >= 15 is 0 Å². The first-order valence-electron chi connectivity index (χ1n) is 8.58. The number of aromatic amines is 1. The third kappa shape index (κ3) is 4.12. The lowest BCUT2D eigenvalue weighted by Crippen LogP contribution is -2.41. The average Bonchev–Trinajstić information content (AvgIpc) is 3.04. The zero-order valence-electron chi connectivity index (χ0n) is 14.9. The Balaban J connectivity index is 1.65. The first kappa shape index (κ1) is 17.3. The minimum absolute atomic E-state index is 0.0251. The second-order valence-electron chi connectivity index (χ2n) is 7.64. The summed E-state index contributed by atoms with van der Waals surface area (Å²) in [5, 5.41) is 14.6. The predicted octanol–water partition coefficient (Wildman–Crippen LogP) is 1.21. The number of aromatic nitrogens is 5. The molecule has 3 heterocycles. The topological polar surface area (TPSA) is 96.8 Å². The van der Waals surface area contributed by atoms with E-state index in [1.54, 1.807) is 4.90 Å². The van der Waals surface area contributed by atoms with Crippen molar-refractivity contribution in [3.05, 3.63) is 40.1 Å². The van der Waals surface area contributed by atoms with Gasteiger partial charge in [0.1, 0.15) is 5.69 Å². The lowest BCUT2D eigenvalue weighted by molar-refractivity contribution is 0.0652. The minimum atomic E-state index is -0.311. The van der Waals surface area contributed by atoms with Crippen LogP contribution in [0.1, 0.15) is 49.8 Å². The summed E-state index contributed by atoms with van der Waals surface area (Å²) in [6.45, 7) is 8.44. The molecule has 3 rings (SSSR count). The predicted molar refractivity (Wildman–Crippen MR) is 92.2 cm³/mol.